The van der Waals surface area contributed by atoms with Crippen molar-refractivity contribution in [3.63, 3.8) is 0 Å². The zero-order valence-electron chi connectivity index (χ0n) is 25.3. The summed E-state index contributed by atoms with van der Waals surface area (Å²) in [5.74, 6) is 2.45. The minimum atomic E-state index is 0.131. The fraction of sp³-hybridized carbons (Fsp3) is 0.829. The highest BCUT2D eigenvalue weighted by atomic mass is 16.5. The first-order chi connectivity index (χ1) is 19.5. The second-order valence-corrected chi connectivity index (χ2v) is 14.8. The minimum Gasteiger partial charge on any atom is -0.472 e. The van der Waals surface area contributed by atoms with Gasteiger partial charge in [-0.1, -0.05) is 25.5 Å². The number of rotatable bonds is 9. The standard InChI is InChI=1S/C35H54N2O3/c1-34-14-11-28(39-22-20-36-16-3-4-17-36)23-27(34)7-8-29-30-9-10-33(35(30,2)15-12-31(29)34)40-32(26-13-21-38-25-26)24-37-18-5-6-19-37/h7,13,21,25,28-33H,3-6,8-12,14-20,22-24H2,1-2H3/t28-,29-,30-,31-,32?,33-,34-,35-/m0/s1. The zero-order valence-corrected chi connectivity index (χ0v) is 25.3. The van der Waals surface area contributed by atoms with E-state index in [1.165, 1.54) is 109 Å². The van der Waals surface area contributed by atoms with Gasteiger partial charge >= 0.3 is 0 Å². The molecule has 4 aliphatic carbocycles. The molecular formula is C35H54N2O3. The van der Waals surface area contributed by atoms with E-state index >= 15 is 0 Å². The van der Waals surface area contributed by atoms with Crippen LogP contribution in [0, 0.1) is 28.6 Å². The van der Waals surface area contributed by atoms with Crippen LogP contribution in [0.2, 0.25) is 0 Å². The molecule has 0 N–H and O–H groups in total. The monoisotopic (exact) mass is 550 g/mol. The molecule has 40 heavy (non-hydrogen) atoms. The summed E-state index contributed by atoms with van der Waals surface area (Å²) in [7, 11) is 0. The Balaban J connectivity index is 1.01. The van der Waals surface area contributed by atoms with Gasteiger partial charge in [0, 0.05) is 18.7 Å². The third-order valence-corrected chi connectivity index (χ3v) is 12.8. The van der Waals surface area contributed by atoms with E-state index in [2.05, 4.69) is 35.8 Å². The van der Waals surface area contributed by atoms with E-state index in [0.717, 1.165) is 37.5 Å². The van der Waals surface area contributed by atoms with Gasteiger partial charge in [0.15, 0.2) is 0 Å². The van der Waals surface area contributed by atoms with Crippen LogP contribution in [0.15, 0.2) is 34.7 Å². The summed E-state index contributed by atoms with van der Waals surface area (Å²) >= 11 is 0. The smallest absolute Gasteiger partial charge is 0.0986 e. The molecule has 0 bridgehead atoms. The highest BCUT2D eigenvalue weighted by Gasteiger charge is 2.59. The molecule has 2 aliphatic heterocycles. The van der Waals surface area contributed by atoms with Gasteiger partial charge in [0.2, 0.25) is 0 Å². The number of furan rings is 1. The second kappa shape index (κ2) is 11.5. The summed E-state index contributed by atoms with van der Waals surface area (Å²) in [6.07, 6.45) is 23.0. The average Bonchev–Trinajstić information content (AvgIpc) is 3.77. The Kier molecular flexibility index (Phi) is 7.96. The van der Waals surface area contributed by atoms with Crippen LogP contribution in [0.5, 0.6) is 0 Å². The maximum Gasteiger partial charge on any atom is 0.0986 e. The molecule has 8 atom stereocenters. The lowest BCUT2D eigenvalue weighted by Gasteiger charge is -2.58. The number of allylic oxidation sites excluding steroid dienone is 1. The van der Waals surface area contributed by atoms with E-state index in [9.17, 15) is 0 Å². The second-order valence-electron chi connectivity index (χ2n) is 14.8. The van der Waals surface area contributed by atoms with Gasteiger partial charge < -0.3 is 23.7 Å². The van der Waals surface area contributed by atoms with Crippen molar-refractivity contribution in [1.29, 1.82) is 0 Å². The van der Waals surface area contributed by atoms with E-state index in [4.69, 9.17) is 13.9 Å². The topological polar surface area (TPSA) is 38.1 Å². The quantitative estimate of drug-likeness (QED) is 0.303. The normalized spacial score (nSPS) is 41.0. The molecule has 0 radical (unpaired) electrons. The van der Waals surface area contributed by atoms with Gasteiger partial charge in [-0.3, -0.25) is 0 Å². The van der Waals surface area contributed by atoms with Crippen LogP contribution in [-0.4, -0.2) is 67.9 Å². The molecule has 1 aromatic rings. The molecule has 1 unspecified atom stereocenters. The average molecular weight is 551 g/mol. The predicted molar refractivity (Wildman–Crippen MR) is 159 cm³/mol. The lowest BCUT2D eigenvalue weighted by atomic mass is 9.48. The summed E-state index contributed by atoms with van der Waals surface area (Å²) in [5, 5.41) is 0. The number of nitrogens with zero attached hydrogens (tertiary/aromatic N) is 2. The van der Waals surface area contributed by atoms with E-state index in [0.29, 0.717) is 23.0 Å². The van der Waals surface area contributed by atoms with Crippen LogP contribution < -0.4 is 0 Å². The first kappa shape index (κ1) is 27.7. The largest absolute Gasteiger partial charge is 0.472 e. The molecule has 2 saturated heterocycles. The zero-order chi connectivity index (χ0) is 27.2. The van der Waals surface area contributed by atoms with E-state index in [-0.39, 0.29) is 6.10 Å². The van der Waals surface area contributed by atoms with Crippen LogP contribution in [0.25, 0.3) is 0 Å². The molecule has 5 heteroatoms. The summed E-state index contributed by atoms with van der Waals surface area (Å²) in [5.41, 5.74) is 3.65. The van der Waals surface area contributed by atoms with Gasteiger partial charge in [0.1, 0.15) is 0 Å². The summed E-state index contributed by atoms with van der Waals surface area (Å²) in [4.78, 5) is 5.18. The summed E-state index contributed by atoms with van der Waals surface area (Å²) in [6, 6.07) is 2.13. The molecule has 1 aromatic heterocycles. The Morgan fingerprint density at radius 2 is 1.75 bits per heavy atom. The maximum absolute atomic E-state index is 7.15. The number of hydrogen-bond acceptors (Lipinski definition) is 5. The fourth-order valence-electron chi connectivity index (χ4n) is 10.4. The molecule has 222 valence electrons. The Labute approximate surface area is 243 Å². The number of hydrogen-bond donors (Lipinski definition) is 0. The van der Waals surface area contributed by atoms with Crippen molar-refractivity contribution in [3.8, 4) is 0 Å². The molecule has 5 nitrogen and oxygen atoms in total. The molecule has 3 saturated carbocycles. The highest BCUT2D eigenvalue weighted by Crippen LogP contribution is 2.65. The van der Waals surface area contributed by atoms with Crippen LogP contribution in [-0.2, 0) is 9.47 Å². The lowest BCUT2D eigenvalue weighted by molar-refractivity contribution is -0.121. The van der Waals surface area contributed by atoms with Crippen molar-refractivity contribution < 1.29 is 13.9 Å². The molecule has 0 amide bonds. The lowest BCUT2D eigenvalue weighted by Crippen LogP contribution is -2.51. The highest BCUT2D eigenvalue weighted by molar-refractivity contribution is 5.25. The predicted octanol–water partition coefficient (Wildman–Crippen LogP) is 7.25. The first-order valence-electron chi connectivity index (χ1n) is 17.0. The van der Waals surface area contributed by atoms with E-state index in [1.807, 2.05) is 12.5 Å². The van der Waals surface area contributed by atoms with Crippen LogP contribution >= 0.6 is 0 Å². The van der Waals surface area contributed by atoms with Crippen molar-refractivity contribution in [3.05, 3.63) is 35.8 Å². The van der Waals surface area contributed by atoms with Gasteiger partial charge in [-0.2, -0.15) is 0 Å². The minimum absolute atomic E-state index is 0.131. The van der Waals surface area contributed by atoms with Gasteiger partial charge in [-0.05, 0) is 138 Å². The molecule has 0 aromatic carbocycles. The molecule has 0 spiro atoms. The Morgan fingerprint density at radius 1 is 0.950 bits per heavy atom. The SMILES string of the molecule is C[C@]12CC[C@H]3[C@@H](CC=C4C[C@@H](OCCN5CCCC5)CC[C@@]43C)[C@@H]1CC[C@@H]2OC(CN1CCCC1)c1ccoc1. The van der Waals surface area contributed by atoms with Crippen LogP contribution in [0.4, 0.5) is 0 Å². The van der Waals surface area contributed by atoms with Crippen LogP contribution in [0.1, 0.15) is 103 Å². The molecule has 6 aliphatic rings. The third kappa shape index (κ3) is 5.16. The van der Waals surface area contributed by atoms with Crippen molar-refractivity contribution in [1.82, 2.24) is 9.80 Å². The molecule has 3 heterocycles. The van der Waals surface area contributed by atoms with Gasteiger partial charge in [0.05, 0.1) is 37.4 Å². The van der Waals surface area contributed by atoms with E-state index in [1.54, 1.807) is 5.57 Å². The summed E-state index contributed by atoms with van der Waals surface area (Å²) < 4.78 is 19.2. The summed E-state index contributed by atoms with van der Waals surface area (Å²) in [6.45, 7) is 13.2. The number of likely N-dealkylation sites (tertiary alicyclic amines) is 2. The molecule has 5 fully saturated rings. The number of ether oxygens (including phenoxy) is 2. The first-order valence-corrected chi connectivity index (χ1v) is 17.0. The van der Waals surface area contributed by atoms with Crippen molar-refractivity contribution in [2.75, 3.05) is 45.9 Å². The van der Waals surface area contributed by atoms with E-state index < -0.39 is 0 Å². The van der Waals surface area contributed by atoms with Gasteiger partial charge in [0.25, 0.3) is 0 Å². The Bertz CT molecular complexity index is 1010. The fourth-order valence-corrected chi connectivity index (χ4v) is 10.4. The van der Waals surface area contributed by atoms with Gasteiger partial charge in [-0.15, -0.1) is 0 Å². The molecular weight excluding hydrogens is 496 g/mol. The third-order valence-electron chi connectivity index (χ3n) is 12.8. The maximum atomic E-state index is 7.15. The van der Waals surface area contributed by atoms with Crippen molar-refractivity contribution >= 4 is 0 Å². The molecule has 7 rings (SSSR count). The van der Waals surface area contributed by atoms with Crippen molar-refractivity contribution in [2.45, 2.75) is 109 Å². The van der Waals surface area contributed by atoms with Crippen LogP contribution in [0.3, 0.4) is 0 Å². The Morgan fingerprint density at radius 3 is 2.52 bits per heavy atom. The Hall–Kier alpha value is -1.14. The number of fused-ring (bicyclic) bond motifs is 5. The van der Waals surface area contributed by atoms with Crippen molar-refractivity contribution in [2.24, 2.45) is 28.6 Å². The van der Waals surface area contributed by atoms with Gasteiger partial charge in [-0.25, -0.2) is 0 Å².